The standard InChI is InChI=1S/C14H18N4S2/c1-7(2)18-12(16-17-14(18)19)11-10(8-3-4-8)15-13(20-11)9-5-6-9/h7-9H,3-6H2,1-2H3,(H,17,19). The van der Waals surface area contributed by atoms with E-state index in [1.165, 1.54) is 41.3 Å². The Hall–Kier alpha value is -1.01. The van der Waals surface area contributed by atoms with Gasteiger partial charge in [-0.05, 0) is 51.7 Å². The van der Waals surface area contributed by atoms with Crippen LogP contribution >= 0.6 is 23.6 Å². The molecule has 0 atom stereocenters. The lowest BCUT2D eigenvalue weighted by Crippen LogP contribution is -2.03. The van der Waals surface area contributed by atoms with Crippen LogP contribution in [0.4, 0.5) is 0 Å². The molecule has 0 spiro atoms. The third-order valence-electron chi connectivity index (χ3n) is 3.98. The van der Waals surface area contributed by atoms with Crippen molar-refractivity contribution >= 4 is 23.6 Å². The topological polar surface area (TPSA) is 46.5 Å². The Morgan fingerprint density at radius 1 is 1.25 bits per heavy atom. The zero-order valence-corrected chi connectivity index (χ0v) is 13.4. The van der Waals surface area contributed by atoms with Gasteiger partial charge >= 0.3 is 0 Å². The molecule has 4 rings (SSSR count). The van der Waals surface area contributed by atoms with Gasteiger partial charge in [0.25, 0.3) is 0 Å². The van der Waals surface area contributed by atoms with Crippen molar-refractivity contribution in [3.63, 3.8) is 0 Å². The quantitative estimate of drug-likeness (QED) is 0.852. The molecule has 2 aromatic rings. The molecule has 20 heavy (non-hydrogen) atoms. The molecule has 2 aliphatic rings. The van der Waals surface area contributed by atoms with E-state index in [0.29, 0.717) is 22.6 Å². The number of nitrogens with one attached hydrogen (secondary N) is 1. The molecule has 0 amide bonds. The van der Waals surface area contributed by atoms with Crippen molar-refractivity contribution in [3.05, 3.63) is 15.5 Å². The minimum atomic E-state index is 0.315. The van der Waals surface area contributed by atoms with Gasteiger partial charge in [-0.1, -0.05) is 0 Å². The molecule has 4 nitrogen and oxygen atoms in total. The number of H-pyrrole nitrogens is 1. The van der Waals surface area contributed by atoms with Gasteiger partial charge < -0.3 is 0 Å². The van der Waals surface area contributed by atoms with Crippen molar-refractivity contribution < 1.29 is 0 Å². The minimum Gasteiger partial charge on any atom is -0.297 e. The van der Waals surface area contributed by atoms with E-state index in [-0.39, 0.29) is 0 Å². The monoisotopic (exact) mass is 306 g/mol. The summed E-state index contributed by atoms with van der Waals surface area (Å²) >= 11 is 7.21. The van der Waals surface area contributed by atoms with E-state index >= 15 is 0 Å². The zero-order valence-electron chi connectivity index (χ0n) is 11.7. The number of hydrogen-bond donors (Lipinski definition) is 1. The Kier molecular flexibility index (Phi) is 2.86. The summed E-state index contributed by atoms with van der Waals surface area (Å²) in [5, 5.41) is 8.75. The highest BCUT2D eigenvalue weighted by molar-refractivity contribution is 7.71. The molecule has 0 unspecified atom stereocenters. The van der Waals surface area contributed by atoms with Gasteiger partial charge in [-0.15, -0.1) is 11.3 Å². The molecular formula is C14H18N4S2. The van der Waals surface area contributed by atoms with Crippen molar-refractivity contribution in [1.82, 2.24) is 19.7 Å². The minimum absolute atomic E-state index is 0.315. The highest BCUT2D eigenvalue weighted by Crippen LogP contribution is 2.50. The first-order valence-electron chi connectivity index (χ1n) is 7.33. The molecule has 0 saturated heterocycles. The second kappa shape index (κ2) is 4.49. The van der Waals surface area contributed by atoms with E-state index in [0.717, 1.165) is 5.82 Å². The first-order valence-corrected chi connectivity index (χ1v) is 8.55. The molecule has 0 radical (unpaired) electrons. The third-order valence-corrected chi connectivity index (χ3v) is 5.50. The molecule has 106 valence electrons. The summed E-state index contributed by atoms with van der Waals surface area (Å²) in [7, 11) is 0. The lowest BCUT2D eigenvalue weighted by Gasteiger charge is -2.09. The molecule has 2 aliphatic carbocycles. The molecule has 0 bridgehead atoms. The van der Waals surface area contributed by atoms with Gasteiger partial charge in [0.2, 0.25) is 0 Å². The van der Waals surface area contributed by atoms with Gasteiger partial charge in [0.1, 0.15) is 0 Å². The maximum Gasteiger partial charge on any atom is 0.195 e. The van der Waals surface area contributed by atoms with Gasteiger partial charge in [-0.3, -0.25) is 9.67 Å². The molecule has 0 aromatic carbocycles. The predicted molar refractivity (Wildman–Crippen MR) is 82.9 cm³/mol. The summed E-state index contributed by atoms with van der Waals surface area (Å²) in [6.45, 7) is 4.29. The molecule has 0 aliphatic heterocycles. The van der Waals surface area contributed by atoms with E-state index in [1.807, 2.05) is 11.3 Å². The summed E-state index contributed by atoms with van der Waals surface area (Å²) < 4.78 is 2.82. The van der Waals surface area contributed by atoms with Crippen LogP contribution < -0.4 is 0 Å². The fourth-order valence-electron chi connectivity index (χ4n) is 2.59. The number of aromatic nitrogens is 4. The predicted octanol–water partition coefficient (Wildman–Crippen LogP) is 4.40. The third kappa shape index (κ3) is 2.05. The van der Waals surface area contributed by atoms with Gasteiger partial charge in [-0.2, -0.15) is 5.10 Å². The van der Waals surface area contributed by atoms with E-state index in [1.54, 1.807) is 0 Å². The second-order valence-electron chi connectivity index (χ2n) is 6.13. The Bertz CT molecular complexity index is 701. The SMILES string of the molecule is CC(C)n1c(-c2sc(C3CC3)nc2C2CC2)n[nH]c1=S. The van der Waals surface area contributed by atoms with Crippen LogP contribution in [0.3, 0.4) is 0 Å². The van der Waals surface area contributed by atoms with Crippen LogP contribution in [-0.2, 0) is 0 Å². The fraction of sp³-hybridized carbons (Fsp3) is 0.643. The number of nitrogens with zero attached hydrogens (tertiary/aromatic N) is 3. The Morgan fingerprint density at radius 2 is 1.95 bits per heavy atom. The number of hydrogen-bond acceptors (Lipinski definition) is 4. The van der Waals surface area contributed by atoms with Crippen molar-refractivity contribution in [2.75, 3.05) is 0 Å². The highest BCUT2D eigenvalue weighted by Gasteiger charge is 2.35. The zero-order chi connectivity index (χ0) is 13.9. The smallest absolute Gasteiger partial charge is 0.195 e. The first-order chi connectivity index (χ1) is 9.65. The molecule has 2 heterocycles. The van der Waals surface area contributed by atoms with Gasteiger partial charge in [0, 0.05) is 17.9 Å². The summed E-state index contributed by atoms with van der Waals surface area (Å²) in [5.41, 5.74) is 1.27. The second-order valence-corrected chi connectivity index (χ2v) is 7.55. The number of thiazole rings is 1. The molecule has 2 saturated carbocycles. The van der Waals surface area contributed by atoms with Crippen molar-refractivity contribution in [3.8, 4) is 10.7 Å². The largest absolute Gasteiger partial charge is 0.297 e. The number of aromatic amines is 1. The van der Waals surface area contributed by atoms with Gasteiger partial charge in [0.15, 0.2) is 10.6 Å². The van der Waals surface area contributed by atoms with Crippen molar-refractivity contribution in [2.24, 2.45) is 0 Å². The van der Waals surface area contributed by atoms with Crippen LogP contribution in [0.2, 0.25) is 0 Å². The molecule has 6 heteroatoms. The molecule has 1 N–H and O–H groups in total. The maximum absolute atomic E-state index is 5.37. The van der Waals surface area contributed by atoms with Crippen molar-refractivity contribution in [2.45, 2.75) is 57.4 Å². The lowest BCUT2D eigenvalue weighted by molar-refractivity contribution is 0.597. The van der Waals surface area contributed by atoms with E-state index in [9.17, 15) is 0 Å². The van der Waals surface area contributed by atoms with Crippen molar-refractivity contribution in [1.29, 1.82) is 0 Å². The maximum atomic E-state index is 5.37. The summed E-state index contributed by atoms with van der Waals surface area (Å²) in [6.07, 6.45) is 5.14. The Balaban J connectivity index is 1.86. The number of rotatable bonds is 4. The Labute approximate surface area is 127 Å². The molecule has 2 aromatic heterocycles. The summed E-state index contributed by atoms with van der Waals surface area (Å²) in [4.78, 5) is 6.18. The summed E-state index contributed by atoms with van der Waals surface area (Å²) in [6, 6.07) is 0.315. The van der Waals surface area contributed by atoms with E-state index < -0.39 is 0 Å². The van der Waals surface area contributed by atoms with E-state index in [2.05, 4.69) is 28.6 Å². The van der Waals surface area contributed by atoms with Gasteiger partial charge in [-0.25, -0.2) is 4.98 Å². The average molecular weight is 306 g/mol. The van der Waals surface area contributed by atoms with E-state index in [4.69, 9.17) is 17.2 Å². The van der Waals surface area contributed by atoms with Crippen LogP contribution in [0, 0.1) is 4.77 Å². The normalized spacial score (nSPS) is 18.9. The van der Waals surface area contributed by atoms with Crippen LogP contribution in [0.15, 0.2) is 0 Å². The van der Waals surface area contributed by atoms with Crippen LogP contribution in [0.1, 0.15) is 68.1 Å². The summed E-state index contributed by atoms with van der Waals surface area (Å²) in [5.74, 6) is 2.34. The van der Waals surface area contributed by atoms with Crippen LogP contribution in [0.25, 0.3) is 10.7 Å². The average Bonchev–Trinajstić information content (AvgIpc) is 3.33. The highest BCUT2D eigenvalue weighted by atomic mass is 32.1. The molecular weight excluding hydrogens is 288 g/mol. The van der Waals surface area contributed by atoms with Crippen LogP contribution in [0.5, 0.6) is 0 Å². The first kappa shape index (κ1) is 12.7. The fourth-order valence-corrected chi connectivity index (χ4v) is 4.24. The van der Waals surface area contributed by atoms with Crippen LogP contribution in [-0.4, -0.2) is 19.7 Å². The van der Waals surface area contributed by atoms with Gasteiger partial charge in [0.05, 0.1) is 15.6 Å². The Morgan fingerprint density at radius 3 is 2.55 bits per heavy atom. The molecule has 2 fully saturated rings. The lowest BCUT2D eigenvalue weighted by atomic mass is 10.2.